The zero-order valence-electron chi connectivity index (χ0n) is 13.9. The van der Waals surface area contributed by atoms with Crippen molar-refractivity contribution in [3.05, 3.63) is 47.9 Å². The van der Waals surface area contributed by atoms with Crippen molar-refractivity contribution in [1.82, 2.24) is 15.3 Å². The van der Waals surface area contributed by atoms with E-state index >= 15 is 0 Å². The summed E-state index contributed by atoms with van der Waals surface area (Å²) in [5.41, 5.74) is 1.39. The maximum Gasteiger partial charge on any atom is 0.271 e. The van der Waals surface area contributed by atoms with Crippen molar-refractivity contribution < 1.29 is 14.3 Å². The number of benzene rings is 1. The average Bonchev–Trinajstić information content (AvgIpc) is 2.62. The smallest absolute Gasteiger partial charge is 0.271 e. The van der Waals surface area contributed by atoms with Crippen LogP contribution in [0.5, 0.6) is 5.75 Å². The number of ether oxygens (including phenoxy) is 2. The van der Waals surface area contributed by atoms with Gasteiger partial charge in [0.1, 0.15) is 17.3 Å². The Bertz CT molecular complexity index is 647. The number of nitrogens with one attached hydrogen (secondary N) is 2. The number of anilines is 1. The first-order valence-corrected chi connectivity index (χ1v) is 7.69. The van der Waals surface area contributed by atoms with Crippen LogP contribution in [0.4, 0.5) is 5.82 Å². The second-order valence-electron chi connectivity index (χ2n) is 5.06. The Morgan fingerprint density at radius 3 is 2.75 bits per heavy atom. The summed E-state index contributed by atoms with van der Waals surface area (Å²) in [6.07, 6.45) is 3.70. The molecule has 1 heterocycles. The molecule has 0 aliphatic rings. The molecule has 0 atom stereocenters. The fraction of sp³-hybridized carbons (Fsp3) is 0.353. The second-order valence-corrected chi connectivity index (χ2v) is 5.06. The number of aromatic nitrogens is 2. The van der Waals surface area contributed by atoms with Crippen LogP contribution >= 0.6 is 0 Å². The summed E-state index contributed by atoms with van der Waals surface area (Å²) in [6.45, 7) is 1.73. The van der Waals surface area contributed by atoms with E-state index in [1.807, 2.05) is 24.3 Å². The van der Waals surface area contributed by atoms with Gasteiger partial charge in [-0.2, -0.15) is 0 Å². The quantitative estimate of drug-likeness (QED) is 0.678. The lowest BCUT2D eigenvalue weighted by atomic mass is 10.1. The SMILES string of the molecule is COCCNc1cnc(C(=O)NCCc2cccc(OC)c2)cn1. The highest BCUT2D eigenvalue weighted by Gasteiger charge is 2.07. The van der Waals surface area contributed by atoms with E-state index in [0.29, 0.717) is 31.9 Å². The molecule has 1 aromatic carbocycles. The third kappa shape index (κ3) is 5.51. The number of amides is 1. The van der Waals surface area contributed by atoms with E-state index in [4.69, 9.17) is 9.47 Å². The van der Waals surface area contributed by atoms with E-state index < -0.39 is 0 Å². The molecule has 0 fully saturated rings. The van der Waals surface area contributed by atoms with Gasteiger partial charge in [0.15, 0.2) is 0 Å². The molecule has 1 aromatic heterocycles. The van der Waals surface area contributed by atoms with Crippen LogP contribution in [-0.4, -0.2) is 49.8 Å². The van der Waals surface area contributed by atoms with Crippen molar-refractivity contribution in [3.8, 4) is 5.75 Å². The van der Waals surface area contributed by atoms with Crippen LogP contribution < -0.4 is 15.4 Å². The minimum atomic E-state index is -0.242. The van der Waals surface area contributed by atoms with E-state index in [2.05, 4.69) is 20.6 Å². The topological polar surface area (TPSA) is 85.4 Å². The molecule has 0 radical (unpaired) electrons. The molecule has 128 valence electrons. The van der Waals surface area contributed by atoms with E-state index in [0.717, 1.165) is 11.3 Å². The molecule has 1 amide bonds. The molecule has 2 N–H and O–H groups in total. The molecule has 24 heavy (non-hydrogen) atoms. The van der Waals surface area contributed by atoms with Crippen LogP contribution in [0, 0.1) is 0 Å². The van der Waals surface area contributed by atoms with Crippen molar-refractivity contribution in [1.29, 1.82) is 0 Å². The molecule has 0 aliphatic carbocycles. The minimum absolute atomic E-state index is 0.242. The van der Waals surface area contributed by atoms with Gasteiger partial charge < -0.3 is 20.1 Å². The van der Waals surface area contributed by atoms with Gasteiger partial charge in [0.25, 0.3) is 5.91 Å². The van der Waals surface area contributed by atoms with Gasteiger partial charge in [0.05, 0.1) is 26.1 Å². The van der Waals surface area contributed by atoms with Crippen LogP contribution in [0.25, 0.3) is 0 Å². The lowest BCUT2D eigenvalue weighted by Gasteiger charge is -2.07. The summed E-state index contributed by atoms with van der Waals surface area (Å²) >= 11 is 0. The van der Waals surface area contributed by atoms with E-state index in [-0.39, 0.29) is 11.6 Å². The predicted molar refractivity (Wildman–Crippen MR) is 91.4 cm³/mol. The average molecular weight is 330 g/mol. The van der Waals surface area contributed by atoms with Crippen LogP contribution in [0.2, 0.25) is 0 Å². The second kappa shape index (κ2) is 9.46. The highest BCUT2D eigenvalue weighted by Crippen LogP contribution is 2.12. The lowest BCUT2D eigenvalue weighted by molar-refractivity contribution is 0.0949. The number of rotatable bonds is 9. The molecule has 0 spiro atoms. The Morgan fingerprint density at radius 2 is 2.04 bits per heavy atom. The number of hydrogen-bond donors (Lipinski definition) is 2. The maximum absolute atomic E-state index is 12.1. The van der Waals surface area contributed by atoms with E-state index in [1.54, 1.807) is 14.2 Å². The Labute approximate surface area is 141 Å². The van der Waals surface area contributed by atoms with Crippen molar-refractivity contribution >= 4 is 11.7 Å². The van der Waals surface area contributed by atoms with E-state index in [1.165, 1.54) is 12.4 Å². The maximum atomic E-state index is 12.1. The molecule has 7 nitrogen and oxygen atoms in total. The Hall–Kier alpha value is -2.67. The summed E-state index contributed by atoms with van der Waals surface area (Å²) in [5.74, 6) is 1.18. The van der Waals surface area contributed by atoms with Gasteiger partial charge in [0, 0.05) is 20.2 Å². The number of methoxy groups -OCH3 is 2. The molecule has 0 saturated heterocycles. The third-order valence-corrected chi connectivity index (χ3v) is 3.33. The van der Waals surface area contributed by atoms with Gasteiger partial charge in [-0.05, 0) is 24.1 Å². The van der Waals surface area contributed by atoms with Crippen molar-refractivity contribution in [2.45, 2.75) is 6.42 Å². The van der Waals surface area contributed by atoms with Gasteiger partial charge in [0.2, 0.25) is 0 Å². The zero-order chi connectivity index (χ0) is 17.2. The van der Waals surface area contributed by atoms with E-state index in [9.17, 15) is 4.79 Å². The zero-order valence-corrected chi connectivity index (χ0v) is 13.9. The third-order valence-electron chi connectivity index (χ3n) is 3.33. The highest BCUT2D eigenvalue weighted by molar-refractivity contribution is 5.91. The van der Waals surface area contributed by atoms with Crippen molar-refractivity contribution in [3.63, 3.8) is 0 Å². The summed E-state index contributed by atoms with van der Waals surface area (Å²) in [7, 11) is 3.26. The van der Waals surface area contributed by atoms with Gasteiger partial charge in [-0.15, -0.1) is 0 Å². The van der Waals surface area contributed by atoms with Crippen molar-refractivity contribution in [2.24, 2.45) is 0 Å². The van der Waals surface area contributed by atoms with Gasteiger partial charge in [-0.25, -0.2) is 9.97 Å². The largest absolute Gasteiger partial charge is 0.497 e. The Morgan fingerprint density at radius 1 is 1.17 bits per heavy atom. The first-order valence-electron chi connectivity index (χ1n) is 7.69. The standard InChI is InChI=1S/C17H22N4O3/c1-23-9-8-18-16-12-20-15(11-21-16)17(22)19-7-6-13-4-3-5-14(10-13)24-2/h3-5,10-12H,6-9H2,1-2H3,(H,18,21)(H,19,22). The summed E-state index contributed by atoms with van der Waals surface area (Å²) in [5, 5.41) is 5.88. The molecule has 0 aliphatic heterocycles. The molecule has 2 aromatic rings. The van der Waals surface area contributed by atoms with Crippen molar-refractivity contribution in [2.75, 3.05) is 39.2 Å². The number of hydrogen-bond acceptors (Lipinski definition) is 6. The van der Waals surface area contributed by atoms with Gasteiger partial charge in [-0.3, -0.25) is 4.79 Å². The predicted octanol–water partition coefficient (Wildman–Crippen LogP) is 1.52. The van der Waals surface area contributed by atoms with Crippen LogP contribution in [0.3, 0.4) is 0 Å². The van der Waals surface area contributed by atoms with Gasteiger partial charge in [-0.1, -0.05) is 12.1 Å². The molecule has 2 rings (SSSR count). The summed E-state index contributed by atoms with van der Waals surface area (Å²) < 4.78 is 10.1. The monoisotopic (exact) mass is 330 g/mol. The summed E-state index contributed by atoms with van der Waals surface area (Å²) in [6, 6.07) is 7.76. The lowest BCUT2D eigenvalue weighted by Crippen LogP contribution is -2.26. The number of carbonyl (C=O) groups is 1. The Balaban J connectivity index is 1.79. The molecular weight excluding hydrogens is 308 g/mol. The normalized spacial score (nSPS) is 10.2. The minimum Gasteiger partial charge on any atom is -0.497 e. The van der Waals surface area contributed by atoms with Crippen LogP contribution in [0.15, 0.2) is 36.7 Å². The molecule has 7 heteroatoms. The summed E-state index contributed by atoms with van der Waals surface area (Å²) in [4.78, 5) is 20.3. The molecular formula is C17H22N4O3. The highest BCUT2D eigenvalue weighted by atomic mass is 16.5. The fourth-order valence-electron chi connectivity index (χ4n) is 2.06. The first-order chi connectivity index (χ1) is 11.7. The molecule has 0 bridgehead atoms. The fourth-order valence-corrected chi connectivity index (χ4v) is 2.06. The van der Waals surface area contributed by atoms with Crippen LogP contribution in [-0.2, 0) is 11.2 Å². The number of carbonyl (C=O) groups excluding carboxylic acids is 1. The Kier molecular flexibility index (Phi) is 6.97. The van der Waals surface area contributed by atoms with Gasteiger partial charge >= 0.3 is 0 Å². The van der Waals surface area contributed by atoms with Crippen LogP contribution in [0.1, 0.15) is 16.1 Å². The molecule has 0 unspecified atom stereocenters. The first kappa shape index (κ1) is 17.7. The number of nitrogens with zero attached hydrogens (tertiary/aromatic N) is 2. The molecule has 0 saturated carbocycles.